The van der Waals surface area contributed by atoms with Gasteiger partial charge in [-0.1, -0.05) is 30.3 Å². The van der Waals surface area contributed by atoms with Crippen LogP contribution >= 0.6 is 0 Å². The van der Waals surface area contributed by atoms with Gasteiger partial charge in [-0.25, -0.2) is 4.79 Å². The van der Waals surface area contributed by atoms with Crippen LogP contribution in [0.2, 0.25) is 0 Å². The van der Waals surface area contributed by atoms with Gasteiger partial charge in [-0.05, 0) is 24.3 Å². The highest BCUT2D eigenvalue weighted by molar-refractivity contribution is 5.94. The van der Waals surface area contributed by atoms with Crippen molar-refractivity contribution < 1.29 is 9.53 Å². The molecule has 1 aromatic heterocycles. The lowest BCUT2D eigenvalue weighted by atomic mass is 10.2. The van der Waals surface area contributed by atoms with Crippen molar-refractivity contribution >= 4 is 16.9 Å². The molecule has 0 unspecified atom stereocenters. The number of pyridine rings is 1. The van der Waals surface area contributed by atoms with Crippen LogP contribution in [0.15, 0.2) is 65.5 Å². The molecular weight excluding hydrogens is 266 g/mol. The van der Waals surface area contributed by atoms with E-state index in [1.807, 2.05) is 30.3 Å². The van der Waals surface area contributed by atoms with Gasteiger partial charge in [0.2, 0.25) is 0 Å². The second kappa shape index (κ2) is 5.25. The molecule has 3 rings (SSSR count). The summed E-state index contributed by atoms with van der Waals surface area (Å²) in [5, 5.41) is 0.726. The van der Waals surface area contributed by atoms with Gasteiger partial charge in [0.25, 0.3) is 5.56 Å². The van der Waals surface area contributed by atoms with E-state index in [9.17, 15) is 9.59 Å². The summed E-state index contributed by atoms with van der Waals surface area (Å²) in [6.45, 7) is 0. The SMILES string of the molecule is Cn1c(=O)cc(OC(=O)c2ccccc2)c2ccccc21. The maximum atomic E-state index is 12.1. The number of ether oxygens (including phenoxy) is 1. The minimum atomic E-state index is -0.478. The number of rotatable bonds is 2. The Morgan fingerprint density at radius 1 is 1.00 bits per heavy atom. The molecule has 104 valence electrons. The Kier molecular flexibility index (Phi) is 3.28. The van der Waals surface area contributed by atoms with Gasteiger partial charge in [0, 0.05) is 18.5 Å². The average molecular weight is 279 g/mol. The Morgan fingerprint density at radius 3 is 2.43 bits per heavy atom. The highest BCUT2D eigenvalue weighted by Gasteiger charge is 2.12. The molecule has 0 aliphatic heterocycles. The van der Waals surface area contributed by atoms with E-state index < -0.39 is 5.97 Å². The molecule has 3 aromatic rings. The predicted molar refractivity (Wildman–Crippen MR) is 80.6 cm³/mol. The highest BCUT2D eigenvalue weighted by atomic mass is 16.5. The molecule has 4 nitrogen and oxygen atoms in total. The Hall–Kier alpha value is -2.88. The summed E-state index contributed by atoms with van der Waals surface area (Å²) in [6.07, 6.45) is 0. The van der Waals surface area contributed by atoms with Crippen LogP contribution in [0.5, 0.6) is 5.75 Å². The monoisotopic (exact) mass is 279 g/mol. The summed E-state index contributed by atoms with van der Waals surface area (Å²) < 4.78 is 6.92. The molecular formula is C17H13NO3. The summed E-state index contributed by atoms with van der Waals surface area (Å²) in [5.41, 5.74) is 0.952. The van der Waals surface area contributed by atoms with E-state index in [2.05, 4.69) is 0 Å². The third-order valence-electron chi connectivity index (χ3n) is 3.33. The summed E-state index contributed by atoms with van der Waals surface area (Å²) >= 11 is 0. The Morgan fingerprint density at radius 2 is 1.67 bits per heavy atom. The normalized spacial score (nSPS) is 10.5. The maximum absolute atomic E-state index is 12.1. The zero-order chi connectivity index (χ0) is 14.8. The van der Waals surface area contributed by atoms with Crippen LogP contribution in [0.25, 0.3) is 10.9 Å². The smallest absolute Gasteiger partial charge is 0.343 e. The van der Waals surface area contributed by atoms with Crippen LogP contribution in [-0.4, -0.2) is 10.5 Å². The summed E-state index contributed by atoms with van der Waals surface area (Å²) in [6, 6.07) is 17.3. The van der Waals surface area contributed by atoms with E-state index in [0.29, 0.717) is 5.56 Å². The van der Waals surface area contributed by atoms with Crippen molar-refractivity contribution in [2.75, 3.05) is 0 Å². The molecule has 21 heavy (non-hydrogen) atoms. The Labute approximate surface area is 121 Å². The number of esters is 1. The van der Waals surface area contributed by atoms with Crippen molar-refractivity contribution in [2.45, 2.75) is 0 Å². The third-order valence-corrected chi connectivity index (χ3v) is 3.33. The fourth-order valence-electron chi connectivity index (χ4n) is 2.20. The number of carbonyl (C=O) groups is 1. The van der Waals surface area contributed by atoms with Gasteiger partial charge in [0.1, 0.15) is 5.75 Å². The number of fused-ring (bicyclic) bond motifs is 1. The van der Waals surface area contributed by atoms with E-state index in [1.165, 1.54) is 10.6 Å². The number of hydrogen-bond acceptors (Lipinski definition) is 3. The van der Waals surface area contributed by atoms with Crippen molar-refractivity contribution in [3.8, 4) is 5.75 Å². The van der Waals surface area contributed by atoms with Crippen LogP contribution in [-0.2, 0) is 7.05 Å². The second-order valence-corrected chi connectivity index (χ2v) is 4.68. The maximum Gasteiger partial charge on any atom is 0.343 e. The number of carbonyl (C=O) groups excluding carboxylic acids is 1. The molecule has 4 heteroatoms. The number of aryl methyl sites for hydroxylation is 1. The zero-order valence-corrected chi connectivity index (χ0v) is 11.4. The summed E-state index contributed by atoms with van der Waals surface area (Å²) in [7, 11) is 1.69. The molecule has 0 N–H and O–H groups in total. The van der Waals surface area contributed by atoms with E-state index in [-0.39, 0.29) is 11.3 Å². The molecule has 0 bridgehead atoms. The van der Waals surface area contributed by atoms with Crippen LogP contribution < -0.4 is 10.3 Å². The molecule has 0 amide bonds. The molecule has 0 aliphatic carbocycles. The number of aromatic nitrogens is 1. The first kappa shape index (κ1) is 13.1. The molecule has 1 heterocycles. The van der Waals surface area contributed by atoms with Gasteiger partial charge < -0.3 is 9.30 Å². The topological polar surface area (TPSA) is 48.3 Å². The van der Waals surface area contributed by atoms with Gasteiger partial charge in [-0.2, -0.15) is 0 Å². The Bertz CT molecular complexity index is 866. The van der Waals surface area contributed by atoms with Crippen molar-refractivity contribution in [3.05, 3.63) is 76.6 Å². The van der Waals surface area contributed by atoms with Crippen molar-refractivity contribution in [2.24, 2.45) is 7.05 Å². The summed E-state index contributed by atoms with van der Waals surface area (Å²) in [5.74, 6) is -0.198. The van der Waals surface area contributed by atoms with Gasteiger partial charge in [0.05, 0.1) is 11.1 Å². The molecule has 0 fully saturated rings. The minimum absolute atomic E-state index is 0.218. The molecule has 0 aliphatic rings. The van der Waals surface area contributed by atoms with Gasteiger partial charge in [0.15, 0.2) is 0 Å². The lowest BCUT2D eigenvalue weighted by Gasteiger charge is -2.10. The average Bonchev–Trinajstić information content (AvgIpc) is 2.53. The van der Waals surface area contributed by atoms with E-state index in [4.69, 9.17) is 4.74 Å². The molecule has 0 saturated carbocycles. The van der Waals surface area contributed by atoms with Crippen LogP contribution in [0.3, 0.4) is 0 Å². The van der Waals surface area contributed by atoms with Crippen molar-refractivity contribution in [1.29, 1.82) is 0 Å². The van der Waals surface area contributed by atoms with Gasteiger partial charge >= 0.3 is 5.97 Å². The first-order valence-electron chi connectivity index (χ1n) is 6.53. The fraction of sp³-hybridized carbons (Fsp3) is 0.0588. The third kappa shape index (κ3) is 2.43. The summed E-state index contributed by atoms with van der Waals surface area (Å²) in [4.78, 5) is 24.1. The van der Waals surface area contributed by atoms with E-state index in [0.717, 1.165) is 10.9 Å². The minimum Gasteiger partial charge on any atom is -0.422 e. The van der Waals surface area contributed by atoms with Crippen LogP contribution in [0.4, 0.5) is 0 Å². The molecule has 0 radical (unpaired) electrons. The largest absolute Gasteiger partial charge is 0.422 e. The predicted octanol–water partition coefficient (Wildman–Crippen LogP) is 2.76. The molecule has 0 atom stereocenters. The fourth-order valence-corrected chi connectivity index (χ4v) is 2.20. The highest BCUT2D eigenvalue weighted by Crippen LogP contribution is 2.23. The number of para-hydroxylation sites is 1. The van der Waals surface area contributed by atoms with E-state index >= 15 is 0 Å². The first-order valence-corrected chi connectivity index (χ1v) is 6.53. The van der Waals surface area contributed by atoms with Gasteiger partial charge in [-0.15, -0.1) is 0 Å². The van der Waals surface area contributed by atoms with Crippen LogP contribution in [0, 0.1) is 0 Å². The zero-order valence-electron chi connectivity index (χ0n) is 11.4. The lowest BCUT2D eigenvalue weighted by Crippen LogP contribution is -2.18. The lowest BCUT2D eigenvalue weighted by molar-refractivity contribution is 0.0737. The number of nitrogens with zero attached hydrogens (tertiary/aromatic N) is 1. The Balaban J connectivity index is 2.08. The van der Waals surface area contributed by atoms with Crippen molar-refractivity contribution in [1.82, 2.24) is 4.57 Å². The quantitative estimate of drug-likeness (QED) is 0.678. The van der Waals surface area contributed by atoms with E-state index in [1.54, 1.807) is 31.3 Å². The molecule has 0 saturated heterocycles. The number of hydrogen-bond donors (Lipinski definition) is 0. The molecule has 0 spiro atoms. The van der Waals surface area contributed by atoms with Crippen molar-refractivity contribution in [3.63, 3.8) is 0 Å². The molecule has 2 aromatic carbocycles. The number of benzene rings is 2. The van der Waals surface area contributed by atoms with Crippen LogP contribution in [0.1, 0.15) is 10.4 Å². The second-order valence-electron chi connectivity index (χ2n) is 4.68. The standard InChI is InChI=1S/C17H13NO3/c1-18-14-10-6-5-9-13(14)15(11-16(18)19)21-17(20)12-7-3-2-4-8-12/h2-11H,1H3. The first-order chi connectivity index (χ1) is 10.2. The van der Waals surface area contributed by atoms with Gasteiger partial charge in [-0.3, -0.25) is 4.79 Å².